The number of halogens is 1. The lowest BCUT2D eigenvalue weighted by Gasteiger charge is -2.36. The van der Waals surface area contributed by atoms with Gasteiger partial charge in [-0.15, -0.1) is 24.0 Å². The van der Waals surface area contributed by atoms with Gasteiger partial charge in [0.1, 0.15) is 12.6 Å². The summed E-state index contributed by atoms with van der Waals surface area (Å²) in [5.74, 6) is 3.81. The third-order valence-electron chi connectivity index (χ3n) is 4.10. The molecule has 2 rings (SSSR count). The Morgan fingerprint density at radius 2 is 2.19 bits per heavy atom. The molecule has 0 amide bonds. The van der Waals surface area contributed by atoms with E-state index in [1.165, 1.54) is 0 Å². The Labute approximate surface area is 178 Å². The van der Waals surface area contributed by atoms with Crippen molar-refractivity contribution in [1.82, 2.24) is 20.4 Å². The molecular weight excluding hydrogens is 465 g/mol. The maximum Gasteiger partial charge on any atom is 0.248 e. The molecule has 2 unspecified atom stereocenters. The van der Waals surface area contributed by atoms with Crippen molar-refractivity contribution in [3.63, 3.8) is 0 Å². The van der Waals surface area contributed by atoms with Crippen LogP contribution >= 0.6 is 35.7 Å². The van der Waals surface area contributed by atoms with E-state index in [4.69, 9.17) is 14.3 Å². The largest absolute Gasteiger partial charge is 0.371 e. The third kappa shape index (κ3) is 6.88. The summed E-state index contributed by atoms with van der Waals surface area (Å²) in [6.45, 7) is 14.4. The summed E-state index contributed by atoms with van der Waals surface area (Å²) in [5.41, 5.74) is 0. The van der Waals surface area contributed by atoms with Gasteiger partial charge < -0.3 is 19.5 Å². The zero-order chi connectivity index (χ0) is 18.2. The van der Waals surface area contributed by atoms with Crippen LogP contribution in [0.3, 0.4) is 0 Å². The standard InChI is InChI=1S/C17H31N5O2S.HI/c1-6-18-17(22-8-9-25-14(11-22)12(3)4)19-10-15-20-16(21-24-15)13(5)23-7-2;/h12-14H,6-11H2,1-5H3,(H,18,19);1H. The first-order valence-corrected chi connectivity index (χ1v) is 10.2. The van der Waals surface area contributed by atoms with Crippen molar-refractivity contribution >= 4 is 41.7 Å². The zero-order valence-corrected chi connectivity index (χ0v) is 19.5. The molecule has 0 aromatic carbocycles. The molecule has 9 heteroatoms. The van der Waals surface area contributed by atoms with Crippen LogP contribution in [0.5, 0.6) is 0 Å². The number of nitrogens with zero attached hydrogens (tertiary/aromatic N) is 4. The van der Waals surface area contributed by atoms with E-state index >= 15 is 0 Å². The fraction of sp³-hybridized carbons (Fsp3) is 0.824. The number of thioether (sulfide) groups is 1. The summed E-state index contributed by atoms with van der Waals surface area (Å²) in [6, 6.07) is 0. The van der Waals surface area contributed by atoms with Gasteiger partial charge in [-0.25, -0.2) is 4.99 Å². The van der Waals surface area contributed by atoms with Crippen molar-refractivity contribution in [2.45, 2.75) is 52.5 Å². The maximum atomic E-state index is 5.49. The van der Waals surface area contributed by atoms with Crippen molar-refractivity contribution < 1.29 is 9.26 Å². The number of ether oxygens (including phenoxy) is 1. The highest BCUT2D eigenvalue weighted by atomic mass is 127. The van der Waals surface area contributed by atoms with E-state index in [-0.39, 0.29) is 30.1 Å². The smallest absolute Gasteiger partial charge is 0.248 e. The average Bonchev–Trinajstić information content (AvgIpc) is 3.08. The first-order valence-electron chi connectivity index (χ1n) is 9.14. The maximum absolute atomic E-state index is 5.49. The van der Waals surface area contributed by atoms with Crippen LogP contribution in [0.2, 0.25) is 0 Å². The Balaban J connectivity index is 0.00000338. The molecule has 0 bridgehead atoms. The highest BCUT2D eigenvalue weighted by Gasteiger charge is 2.25. The molecule has 0 spiro atoms. The number of rotatable bonds is 7. The van der Waals surface area contributed by atoms with E-state index in [2.05, 4.69) is 52.9 Å². The normalized spacial score (nSPS) is 19.4. The van der Waals surface area contributed by atoms with Crippen LogP contribution in [0, 0.1) is 5.92 Å². The van der Waals surface area contributed by atoms with Crippen LogP contribution < -0.4 is 5.32 Å². The van der Waals surface area contributed by atoms with Gasteiger partial charge in [0.25, 0.3) is 0 Å². The number of hydrogen-bond acceptors (Lipinski definition) is 6. The Morgan fingerprint density at radius 3 is 2.85 bits per heavy atom. The van der Waals surface area contributed by atoms with Gasteiger partial charge in [-0.2, -0.15) is 16.7 Å². The summed E-state index contributed by atoms with van der Waals surface area (Å²) in [6.07, 6.45) is -0.161. The zero-order valence-electron chi connectivity index (χ0n) is 16.4. The lowest BCUT2D eigenvalue weighted by atomic mass is 10.1. The first kappa shape index (κ1) is 23.5. The number of aromatic nitrogens is 2. The van der Waals surface area contributed by atoms with Gasteiger partial charge in [0.2, 0.25) is 5.89 Å². The summed E-state index contributed by atoms with van der Waals surface area (Å²) < 4.78 is 10.8. The minimum absolute atomic E-state index is 0. The summed E-state index contributed by atoms with van der Waals surface area (Å²) in [5, 5.41) is 8.01. The van der Waals surface area contributed by atoms with Crippen LogP contribution in [0.4, 0.5) is 0 Å². The SMILES string of the molecule is CCNC(=NCc1nc(C(C)OCC)no1)N1CCSC(C(C)C)C1.I. The van der Waals surface area contributed by atoms with E-state index in [1.807, 2.05) is 13.8 Å². The quantitative estimate of drug-likeness (QED) is 0.352. The molecule has 2 heterocycles. The Hall–Kier alpha value is -0.550. The molecule has 1 fully saturated rings. The molecule has 1 saturated heterocycles. The third-order valence-corrected chi connectivity index (χ3v) is 5.64. The number of nitrogens with one attached hydrogen (secondary N) is 1. The molecule has 7 nitrogen and oxygen atoms in total. The molecule has 0 aliphatic carbocycles. The second kappa shape index (κ2) is 12.0. The molecule has 2 atom stereocenters. The molecule has 1 aliphatic heterocycles. The van der Waals surface area contributed by atoms with Gasteiger partial charge in [-0.1, -0.05) is 19.0 Å². The van der Waals surface area contributed by atoms with E-state index in [9.17, 15) is 0 Å². The molecule has 26 heavy (non-hydrogen) atoms. The molecule has 0 radical (unpaired) electrons. The highest BCUT2D eigenvalue weighted by molar-refractivity contribution is 14.0. The predicted molar refractivity (Wildman–Crippen MR) is 117 cm³/mol. The summed E-state index contributed by atoms with van der Waals surface area (Å²) in [4.78, 5) is 11.4. The van der Waals surface area contributed by atoms with Crippen LogP contribution in [-0.4, -0.2) is 58.2 Å². The van der Waals surface area contributed by atoms with Crippen molar-refractivity contribution in [2.24, 2.45) is 10.9 Å². The topological polar surface area (TPSA) is 75.8 Å². The summed E-state index contributed by atoms with van der Waals surface area (Å²) in [7, 11) is 0. The fourth-order valence-electron chi connectivity index (χ4n) is 2.66. The van der Waals surface area contributed by atoms with Gasteiger partial charge in [0, 0.05) is 37.2 Å². The van der Waals surface area contributed by atoms with Crippen LogP contribution in [-0.2, 0) is 11.3 Å². The van der Waals surface area contributed by atoms with Crippen molar-refractivity contribution in [1.29, 1.82) is 0 Å². The van der Waals surface area contributed by atoms with Gasteiger partial charge in [0.05, 0.1) is 0 Å². The van der Waals surface area contributed by atoms with Crippen LogP contribution in [0.1, 0.15) is 52.4 Å². The molecule has 1 aromatic rings. The first-order chi connectivity index (χ1) is 12.0. The fourth-order valence-corrected chi connectivity index (χ4v) is 3.96. The van der Waals surface area contributed by atoms with Crippen molar-refractivity contribution in [3.8, 4) is 0 Å². The van der Waals surface area contributed by atoms with Gasteiger partial charge in [-0.05, 0) is 26.7 Å². The van der Waals surface area contributed by atoms with Gasteiger partial charge >= 0.3 is 0 Å². The molecule has 1 aliphatic rings. The van der Waals surface area contributed by atoms with E-state index in [1.54, 1.807) is 0 Å². The number of aliphatic imine (C=N–C) groups is 1. The molecule has 1 N–H and O–H groups in total. The number of hydrogen-bond donors (Lipinski definition) is 1. The monoisotopic (exact) mass is 497 g/mol. The second-order valence-electron chi connectivity index (χ2n) is 6.41. The molecule has 1 aromatic heterocycles. The highest BCUT2D eigenvalue weighted by Crippen LogP contribution is 2.25. The van der Waals surface area contributed by atoms with Crippen LogP contribution in [0.15, 0.2) is 9.52 Å². The van der Waals surface area contributed by atoms with E-state index in [0.29, 0.717) is 36.0 Å². The van der Waals surface area contributed by atoms with E-state index < -0.39 is 0 Å². The second-order valence-corrected chi connectivity index (χ2v) is 7.76. The Morgan fingerprint density at radius 1 is 1.42 bits per heavy atom. The van der Waals surface area contributed by atoms with Crippen molar-refractivity contribution in [3.05, 3.63) is 11.7 Å². The lowest BCUT2D eigenvalue weighted by molar-refractivity contribution is 0.0683. The average molecular weight is 497 g/mol. The van der Waals surface area contributed by atoms with Crippen LogP contribution in [0.25, 0.3) is 0 Å². The summed E-state index contributed by atoms with van der Waals surface area (Å²) >= 11 is 2.06. The van der Waals surface area contributed by atoms with Crippen molar-refractivity contribution in [2.75, 3.05) is 32.0 Å². The predicted octanol–water partition coefficient (Wildman–Crippen LogP) is 3.32. The minimum atomic E-state index is -0.161. The van der Waals surface area contributed by atoms with Gasteiger partial charge in [-0.3, -0.25) is 0 Å². The van der Waals surface area contributed by atoms with Gasteiger partial charge in [0.15, 0.2) is 11.8 Å². The molecule has 150 valence electrons. The lowest BCUT2D eigenvalue weighted by Crippen LogP contribution is -2.49. The molecular formula is C17H32IN5O2S. The van der Waals surface area contributed by atoms with E-state index in [0.717, 1.165) is 31.3 Å². The minimum Gasteiger partial charge on any atom is -0.371 e. The number of guanidine groups is 1. The Bertz CT molecular complexity index is 555. The molecule has 0 saturated carbocycles. The Kier molecular flexibility index (Phi) is 10.9.